The molecule has 0 aliphatic carbocycles. The number of benzene rings is 2. The predicted molar refractivity (Wildman–Crippen MR) is 82.8 cm³/mol. The summed E-state index contributed by atoms with van der Waals surface area (Å²) in [6, 6.07) is 9.21. The number of rotatable bonds is 7. The average Bonchev–Trinajstić information content (AvgIpc) is 2.51. The quantitative estimate of drug-likeness (QED) is 0.788. The fourth-order valence-electron chi connectivity index (χ4n) is 1.87. The van der Waals surface area contributed by atoms with E-state index in [0.29, 0.717) is 12.2 Å². The van der Waals surface area contributed by atoms with Crippen molar-refractivity contribution in [2.24, 2.45) is 0 Å². The zero-order valence-corrected chi connectivity index (χ0v) is 13.4. The molecule has 0 aromatic heterocycles. The maximum atomic E-state index is 13.2. The molecule has 124 valence electrons. The van der Waals surface area contributed by atoms with Gasteiger partial charge in [-0.25, -0.2) is 21.9 Å². The van der Waals surface area contributed by atoms with Crippen molar-refractivity contribution in [3.05, 3.63) is 59.7 Å². The van der Waals surface area contributed by atoms with Crippen molar-refractivity contribution in [3.8, 4) is 5.75 Å². The highest BCUT2D eigenvalue weighted by molar-refractivity contribution is 7.89. The van der Waals surface area contributed by atoms with E-state index in [1.165, 1.54) is 43.3 Å². The molecule has 2 aromatic rings. The first-order valence-corrected chi connectivity index (χ1v) is 8.51. The van der Waals surface area contributed by atoms with Crippen LogP contribution >= 0.6 is 0 Å². The lowest BCUT2D eigenvalue weighted by atomic mass is 10.2. The van der Waals surface area contributed by atoms with Crippen LogP contribution in [0.2, 0.25) is 0 Å². The predicted octanol–water partition coefficient (Wildman–Crippen LogP) is 3.02. The van der Waals surface area contributed by atoms with E-state index in [4.69, 9.17) is 4.74 Å². The maximum Gasteiger partial charge on any atom is 0.240 e. The number of ether oxygens (including phenoxy) is 1. The van der Waals surface area contributed by atoms with Crippen LogP contribution in [0.25, 0.3) is 0 Å². The lowest BCUT2D eigenvalue weighted by Gasteiger charge is -2.09. The van der Waals surface area contributed by atoms with Gasteiger partial charge in [-0.05, 0) is 61.4 Å². The molecule has 0 bridgehead atoms. The van der Waals surface area contributed by atoms with Crippen LogP contribution in [-0.2, 0) is 10.0 Å². The highest BCUT2D eigenvalue weighted by atomic mass is 32.2. The van der Waals surface area contributed by atoms with E-state index in [-0.39, 0.29) is 29.4 Å². The second kappa shape index (κ2) is 7.52. The van der Waals surface area contributed by atoms with Crippen LogP contribution in [0.3, 0.4) is 0 Å². The van der Waals surface area contributed by atoms with Gasteiger partial charge in [0.25, 0.3) is 0 Å². The van der Waals surface area contributed by atoms with E-state index in [1.807, 2.05) is 0 Å². The third kappa shape index (κ3) is 5.01. The van der Waals surface area contributed by atoms with E-state index >= 15 is 0 Å². The monoisotopic (exact) mass is 341 g/mol. The van der Waals surface area contributed by atoms with Crippen LogP contribution < -0.4 is 9.46 Å². The maximum absolute atomic E-state index is 13.2. The molecular formula is C16H17F2NO3S. The molecule has 0 aliphatic heterocycles. The summed E-state index contributed by atoms with van der Waals surface area (Å²) >= 11 is 0. The summed E-state index contributed by atoms with van der Waals surface area (Å²) in [4.78, 5) is 0.0239. The molecule has 0 unspecified atom stereocenters. The summed E-state index contributed by atoms with van der Waals surface area (Å²) in [5.74, 6) is -0.278. The van der Waals surface area contributed by atoms with Gasteiger partial charge in [0.1, 0.15) is 17.4 Å². The fraction of sp³-hybridized carbons (Fsp3) is 0.250. The van der Waals surface area contributed by atoms with Crippen LogP contribution in [0.15, 0.2) is 47.4 Å². The summed E-state index contributed by atoms with van der Waals surface area (Å²) in [6.07, 6.45) is 0.441. The first-order chi connectivity index (χ1) is 10.9. The molecule has 0 amide bonds. The molecule has 1 N–H and O–H groups in total. The summed E-state index contributed by atoms with van der Waals surface area (Å²) in [5, 5.41) is 0. The number of aryl methyl sites for hydroxylation is 1. The molecule has 0 saturated carbocycles. The largest absolute Gasteiger partial charge is 0.494 e. The van der Waals surface area contributed by atoms with Gasteiger partial charge in [-0.15, -0.1) is 0 Å². The Labute approximate surface area is 134 Å². The molecule has 0 saturated heterocycles. The smallest absolute Gasteiger partial charge is 0.240 e. The number of hydrogen-bond acceptors (Lipinski definition) is 3. The second-order valence-electron chi connectivity index (χ2n) is 4.96. The van der Waals surface area contributed by atoms with Crippen LogP contribution in [0, 0.1) is 18.6 Å². The van der Waals surface area contributed by atoms with E-state index < -0.39 is 15.8 Å². The third-order valence-electron chi connectivity index (χ3n) is 3.14. The second-order valence-corrected chi connectivity index (χ2v) is 6.73. The molecule has 0 radical (unpaired) electrons. The number of hydrogen-bond donors (Lipinski definition) is 1. The molecule has 4 nitrogen and oxygen atoms in total. The van der Waals surface area contributed by atoms with Gasteiger partial charge in [-0.1, -0.05) is 0 Å². The molecule has 23 heavy (non-hydrogen) atoms. The Hall–Kier alpha value is -1.99. The standard InChI is InChI=1S/C16H17F2NO3S/c1-12-11-15(7-8-16(12)18)23(20,21)19-9-2-10-22-14-5-3-13(17)4-6-14/h3-8,11,19H,2,9-10H2,1H3. The van der Waals surface area contributed by atoms with Gasteiger partial charge in [0, 0.05) is 6.54 Å². The van der Waals surface area contributed by atoms with E-state index in [1.54, 1.807) is 0 Å². The van der Waals surface area contributed by atoms with E-state index in [9.17, 15) is 17.2 Å². The minimum Gasteiger partial charge on any atom is -0.494 e. The van der Waals surface area contributed by atoms with Crippen molar-refractivity contribution < 1.29 is 21.9 Å². The summed E-state index contributed by atoms with van der Waals surface area (Å²) < 4.78 is 57.8. The van der Waals surface area contributed by atoms with Crippen molar-refractivity contribution >= 4 is 10.0 Å². The van der Waals surface area contributed by atoms with Crippen LogP contribution in [0.1, 0.15) is 12.0 Å². The van der Waals surface area contributed by atoms with Gasteiger partial charge < -0.3 is 4.74 Å². The van der Waals surface area contributed by atoms with Crippen LogP contribution in [-0.4, -0.2) is 21.6 Å². The topological polar surface area (TPSA) is 55.4 Å². The zero-order valence-electron chi connectivity index (χ0n) is 12.6. The van der Waals surface area contributed by atoms with Gasteiger partial charge in [0.2, 0.25) is 10.0 Å². The summed E-state index contributed by atoms with van der Waals surface area (Å²) in [5.41, 5.74) is 0.271. The Morgan fingerprint density at radius 2 is 1.78 bits per heavy atom. The molecule has 2 rings (SSSR count). The molecule has 0 spiro atoms. The SMILES string of the molecule is Cc1cc(S(=O)(=O)NCCCOc2ccc(F)cc2)ccc1F. The van der Waals surface area contributed by atoms with Gasteiger partial charge >= 0.3 is 0 Å². The van der Waals surface area contributed by atoms with Gasteiger partial charge in [-0.3, -0.25) is 0 Å². The van der Waals surface area contributed by atoms with Crippen LogP contribution in [0.4, 0.5) is 8.78 Å². The fourth-order valence-corrected chi connectivity index (χ4v) is 3.03. The van der Waals surface area contributed by atoms with Crippen molar-refractivity contribution in [1.82, 2.24) is 4.72 Å². The highest BCUT2D eigenvalue weighted by Crippen LogP contribution is 2.14. The summed E-state index contributed by atoms with van der Waals surface area (Å²) in [6.45, 7) is 1.97. The zero-order chi connectivity index (χ0) is 16.9. The summed E-state index contributed by atoms with van der Waals surface area (Å²) in [7, 11) is -3.67. The highest BCUT2D eigenvalue weighted by Gasteiger charge is 2.14. The van der Waals surface area contributed by atoms with Gasteiger partial charge in [-0.2, -0.15) is 0 Å². The molecule has 2 aromatic carbocycles. The minimum absolute atomic E-state index is 0.0239. The van der Waals surface area contributed by atoms with E-state index in [0.717, 1.165) is 6.07 Å². The normalized spacial score (nSPS) is 11.4. The molecular weight excluding hydrogens is 324 g/mol. The van der Waals surface area contributed by atoms with Crippen molar-refractivity contribution in [2.75, 3.05) is 13.2 Å². The van der Waals surface area contributed by atoms with Gasteiger partial charge in [0.05, 0.1) is 11.5 Å². The van der Waals surface area contributed by atoms with Crippen molar-refractivity contribution in [3.63, 3.8) is 0 Å². The van der Waals surface area contributed by atoms with Gasteiger partial charge in [0.15, 0.2) is 0 Å². The van der Waals surface area contributed by atoms with Crippen molar-refractivity contribution in [2.45, 2.75) is 18.2 Å². The Morgan fingerprint density at radius 1 is 1.09 bits per heavy atom. The number of sulfonamides is 1. The Morgan fingerprint density at radius 3 is 2.43 bits per heavy atom. The first-order valence-electron chi connectivity index (χ1n) is 7.03. The lowest BCUT2D eigenvalue weighted by Crippen LogP contribution is -2.26. The Balaban J connectivity index is 1.80. The molecule has 0 fully saturated rings. The number of halogens is 2. The molecule has 0 heterocycles. The number of nitrogens with one attached hydrogen (secondary N) is 1. The minimum atomic E-state index is -3.67. The average molecular weight is 341 g/mol. The van der Waals surface area contributed by atoms with Crippen molar-refractivity contribution in [1.29, 1.82) is 0 Å². The molecule has 7 heteroatoms. The Kier molecular flexibility index (Phi) is 5.68. The third-order valence-corrected chi connectivity index (χ3v) is 4.59. The van der Waals surface area contributed by atoms with Crippen LogP contribution in [0.5, 0.6) is 5.75 Å². The van der Waals surface area contributed by atoms with E-state index in [2.05, 4.69) is 4.72 Å². The first kappa shape index (κ1) is 17.4. The molecule has 0 atom stereocenters. The lowest BCUT2D eigenvalue weighted by molar-refractivity contribution is 0.311. The Bertz CT molecular complexity index is 761. The molecule has 0 aliphatic rings.